The maximum atomic E-state index is 13.2. The summed E-state index contributed by atoms with van der Waals surface area (Å²) in [5.74, 6) is -1.15. The highest BCUT2D eigenvalue weighted by Gasteiger charge is 2.10. The molecule has 0 saturated heterocycles. The molecule has 0 aliphatic heterocycles. The van der Waals surface area contributed by atoms with Gasteiger partial charge in [0.25, 0.3) is 0 Å². The summed E-state index contributed by atoms with van der Waals surface area (Å²) in [6.07, 6.45) is 2.93. The van der Waals surface area contributed by atoms with Gasteiger partial charge in [-0.2, -0.15) is 0 Å². The number of nitrogens with one attached hydrogen (secondary N) is 1. The van der Waals surface area contributed by atoms with E-state index in [4.69, 9.17) is 0 Å². The molecule has 3 rings (SSSR count). The van der Waals surface area contributed by atoms with Crippen LogP contribution >= 0.6 is 0 Å². The number of pyridine rings is 1. The second-order valence-electron chi connectivity index (χ2n) is 5.14. The summed E-state index contributed by atoms with van der Waals surface area (Å²) in [5.41, 5.74) is 1.91. The van der Waals surface area contributed by atoms with Gasteiger partial charge in [-0.1, -0.05) is 6.07 Å². The average molecular weight is 327 g/mol. The Hall–Kier alpha value is -3.22. The molecule has 1 amide bonds. The lowest BCUT2D eigenvalue weighted by atomic mass is 10.2. The Labute approximate surface area is 136 Å². The summed E-state index contributed by atoms with van der Waals surface area (Å²) in [6.45, 7) is 0. The smallest absolute Gasteiger partial charge is 0.337 e. The molecule has 6 nitrogen and oxygen atoms in total. The molecule has 0 unspecified atom stereocenters. The van der Waals surface area contributed by atoms with Crippen molar-refractivity contribution in [1.82, 2.24) is 9.38 Å². The van der Waals surface area contributed by atoms with Gasteiger partial charge < -0.3 is 14.5 Å². The Balaban J connectivity index is 1.71. The number of nitrogens with zero attached hydrogens (tertiary/aromatic N) is 2. The number of benzene rings is 1. The van der Waals surface area contributed by atoms with Crippen LogP contribution in [-0.2, 0) is 16.0 Å². The number of halogens is 1. The van der Waals surface area contributed by atoms with Crippen LogP contribution in [0.1, 0.15) is 16.1 Å². The maximum absolute atomic E-state index is 13.2. The summed E-state index contributed by atoms with van der Waals surface area (Å²) in [5, 5.41) is 2.70. The summed E-state index contributed by atoms with van der Waals surface area (Å²) >= 11 is 0. The minimum absolute atomic E-state index is 0.0335. The first-order valence-corrected chi connectivity index (χ1v) is 7.16. The Kier molecular flexibility index (Phi) is 4.24. The van der Waals surface area contributed by atoms with Gasteiger partial charge in [-0.3, -0.25) is 4.79 Å². The molecule has 0 atom stereocenters. The predicted octanol–water partition coefficient (Wildman–Crippen LogP) is 2.44. The van der Waals surface area contributed by atoms with Gasteiger partial charge >= 0.3 is 5.97 Å². The maximum Gasteiger partial charge on any atom is 0.337 e. The molecule has 0 aliphatic rings. The Morgan fingerprint density at radius 3 is 2.88 bits per heavy atom. The molecule has 0 bridgehead atoms. The van der Waals surface area contributed by atoms with E-state index in [1.165, 1.54) is 35.9 Å². The molecule has 1 aromatic carbocycles. The third-order valence-corrected chi connectivity index (χ3v) is 3.37. The normalized spacial score (nSPS) is 10.6. The molecule has 0 fully saturated rings. The number of rotatable bonds is 4. The standard InChI is InChI=1S/C17H14FN3O3/c1-24-17(23)11-3-2-4-13(7-11)20-16(22)8-14-10-21-9-12(18)5-6-15(21)19-14/h2-7,9-10H,8H2,1H3,(H,20,22). The average Bonchev–Trinajstić information content (AvgIpc) is 2.95. The van der Waals surface area contributed by atoms with Crippen LogP contribution in [0, 0.1) is 5.82 Å². The van der Waals surface area contributed by atoms with Gasteiger partial charge in [-0.15, -0.1) is 0 Å². The summed E-state index contributed by atoms with van der Waals surface area (Å²) in [7, 11) is 1.29. The van der Waals surface area contributed by atoms with E-state index in [1.54, 1.807) is 24.4 Å². The van der Waals surface area contributed by atoms with Gasteiger partial charge in [-0.25, -0.2) is 14.2 Å². The number of anilines is 1. The van der Waals surface area contributed by atoms with E-state index in [9.17, 15) is 14.0 Å². The van der Waals surface area contributed by atoms with Gasteiger partial charge in [0.1, 0.15) is 11.5 Å². The van der Waals surface area contributed by atoms with Crippen LogP contribution in [0.15, 0.2) is 48.8 Å². The molecule has 0 saturated carbocycles. The Morgan fingerprint density at radius 1 is 1.25 bits per heavy atom. The summed E-state index contributed by atoms with van der Waals surface area (Å²) in [4.78, 5) is 27.9. The zero-order chi connectivity index (χ0) is 17.1. The first-order chi connectivity index (χ1) is 11.5. The fraction of sp³-hybridized carbons (Fsp3) is 0.118. The zero-order valence-electron chi connectivity index (χ0n) is 12.8. The molecule has 122 valence electrons. The monoisotopic (exact) mass is 327 g/mol. The lowest BCUT2D eigenvalue weighted by Gasteiger charge is -2.05. The molecule has 24 heavy (non-hydrogen) atoms. The summed E-state index contributed by atoms with van der Waals surface area (Å²) in [6, 6.07) is 9.29. The highest BCUT2D eigenvalue weighted by atomic mass is 19.1. The van der Waals surface area contributed by atoms with Crippen LogP contribution in [-0.4, -0.2) is 28.4 Å². The largest absolute Gasteiger partial charge is 0.465 e. The number of imidazole rings is 1. The number of aromatic nitrogens is 2. The molecule has 7 heteroatoms. The fourth-order valence-corrected chi connectivity index (χ4v) is 2.31. The van der Waals surface area contributed by atoms with E-state index in [1.807, 2.05) is 0 Å². The number of amides is 1. The second-order valence-corrected chi connectivity index (χ2v) is 5.14. The van der Waals surface area contributed by atoms with Crippen LogP contribution in [0.25, 0.3) is 5.65 Å². The number of hydrogen-bond donors (Lipinski definition) is 1. The van der Waals surface area contributed by atoms with Crippen molar-refractivity contribution in [2.45, 2.75) is 6.42 Å². The van der Waals surface area contributed by atoms with Gasteiger partial charge in [0.15, 0.2) is 0 Å². The van der Waals surface area contributed by atoms with E-state index in [-0.39, 0.29) is 18.1 Å². The molecule has 1 N–H and O–H groups in total. The number of carbonyl (C=O) groups excluding carboxylic acids is 2. The van der Waals surface area contributed by atoms with Crippen molar-refractivity contribution in [2.24, 2.45) is 0 Å². The quantitative estimate of drug-likeness (QED) is 0.747. The van der Waals surface area contributed by atoms with Crippen molar-refractivity contribution in [1.29, 1.82) is 0 Å². The number of fused-ring (bicyclic) bond motifs is 1. The first kappa shape index (κ1) is 15.7. The molecule has 2 aromatic heterocycles. The van der Waals surface area contributed by atoms with E-state index in [2.05, 4.69) is 15.0 Å². The predicted molar refractivity (Wildman–Crippen MR) is 85.3 cm³/mol. The van der Waals surface area contributed by atoms with Crippen LogP contribution in [0.3, 0.4) is 0 Å². The van der Waals surface area contributed by atoms with E-state index in [0.29, 0.717) is 22.6 Å². The number of ether oxygens (including phenoxy) is 1. The molecule has 2 heterocycles. The lowest BCUT2D eigenvalue weighted by Crippen LogP contribution is -2.15. The topological polar surface area (TPSA) is 72.7 Å². The number of esters is 1. The highest BCUT2D eigenvalue weighted by molar-refractivity contribution is 5.95. The van der Waals surface area contributed by atoms with Crippen molar-refractivity contribution in [3.8, 4) is 0 Å². The van der Waals surface area contributed by atoms with Crippen LogP contribution in [0.4, 0.5) is 10.1 Å². The van der Waals surface area contributed by atoms with Crippen molar-refractivity contribution in [3.63, 3.8) is 0 Å². The molecule has 0 spiro atoms. The van der Waals surface area contributed by atoms with Gasteiger partial charge in [0.05, 0.1) is 24.8 Å². The Bertz CT molecular complexity index is 920. The first-order valence-electron chi connectivity index (χ1n) is 7.16. The SMILES string of the molecule is COC(=O)c1cccc(NC(=O)Cc2cn3cc(F)ccc3n2)c1. The molecular weight excluding hydrogens is 313 g/mol. The van der Waals surface area contributed by atoms with Crippen molar-refractivity contribution >= 4 is 23.2 Å². The van der Waals surface area contributed by atoms with E-state index in [0.717, 1.165) is 0 Å². The van der Waals surface area contributed by atoms with Crippen molar-refractivity contribution in [2.75, 3.05) is 12.4 Å². The summed E-state index contributed by atoms with van der Waals surface area (Å²) < 4.78 is 19.3. The number of hydrogen-bond acceptors (Lipinski definition) is 4. The lowest BCUT2D eigenvalue weighted by molar-refractivity contribution is -0.115. The molecule has 3 aromatic rings. The zero-order valence-corrected chi connectivity index (χ0v) is 12.8. The van der Waals surface area contributed by atoms with Crippen molar-refractivity contribution in [3.05, 3.63) is 65.9 Å². The fourth-order valence-electron chi connectivity index (χ4n) is 2.31. The van der Waals surface area contributed by atoms with Gasteiger partial charge in [-0.05, 0) is 30.3 Å². The highest BCUT2D eigenvalue weighted by Crippen LogP contribution is 2.13. The molecular formula is C17H14FN3O3. The third kappa shape index (κ3) is 3.40. The molecule has 0 aliphatic carbocycles. The minimum Gasteiger partial charge on any atom is -0.465 e. The second kappa shape index (κ2) is 6.49. The van der Waals surface area contributed by atoms with E-state index < -0.39 is 5.97 Å². The van der Waals surface area contributed by atoms with Gasteiger partial charge in [0.2, 0.25) is 5.91 Å². The van der Waals surface area contributed by atoms with Crippen LogP contribution in [0.5, 0.6) is 0 Å². The van der Waals surface area contributed by atoms with Crippen LogP contribution < -0.4 is 5.32 Å². The Morgan fingerprint density at radius 2 is 2.08 bits per heavy atom. The minimum atomic E-state index is -0.478. The van der Waals surface area contributed by atoms with E-state index >= 15 is 0 Å². The van der Waals surface area contributed by atoms with Crippen LogP contribution in [0.2, 0.25) is 0 Å². The number of methoxy groups -OCH3 is 1. The molecule has 0 radical (unpaired) electrons. The third-order valence-electron chi connectivity index (χ3n) is 3.37. The van der Waals surface area contributed by atoms with Crippen molar-refractivity contribution < 1.29 is 18.7 Å². The number of carbonyl (C=O) groups is 2. The van der Waals surface area contributed by atoms with Gasteiger partial charge in [0, 0.05) is 18.1 Å².